The number of hydrogen-bond acceptors (Lipinski definition) is 7. The zero-order chi connectivity index (χ0) is 23.8. The summed E-state index contributed by atoms with van der Waals surface area (Å²) < 4.78 is 16.0. The number of methoxy groups -OCH3 is 2. The lowest BCUT2D eigenvalue weighted by Crippen LogP contribution is -2.45. The zero-order valence-corrected chi connectivity index (χ0v) is 19.9. The molecular formula is C24H34N4O5. The highest BCUT2D eigenvalue weighted by molar-refractivity contribution is 5.76. The van der Waals surface area contributed by atoms with Gasteiger partial charge in [0.05, 0.1) is 20.3 Å². The molecule has 1 aliphatic carbocycles. The third kappa shape index (κ3) is 6.24. The van der Waals surface area contributed by atoms with E-state index < -0.39 is 5.54 Å². The van der Waals surface area contributed by atoms with Crippen molar-refractivity contribution in [2.75, 3.05) is 14.2 Å². The van der Waals surface area contributed by atoms with Gasteiger partial charge in [-0.05, 0) is 37.5 Å². The standard InChI is InChI=1S/C24H34N4O5/c1-16(18-9-10-19(31-3)20(15-18)32-4)25-21(30)11-12-22-26-23(28-33-22)24(27-17(2)29)13-7-5-6-8-14-24/h9-10,15-16H,5-8,11-14H2,1-4H3,(H,25,30)(H,27,29). The topological polar surface area (TPSA) is 116 Å². The summed E-state index contributed by atoms with van der Waals surface area (Å²) in [6, 6.07) is 5.35. The van der Waals surface area contributed by atoms with E-state index in [1.54, 1.807) is 14.2 Å². The van der Waals surface area contributed by atoms with E-state index in [1.165, 1.54) is 6.92 Å². The highest BCUT2D eigenvalue weighted by Gasteiger charge is 2.38. The van der Waals surface area contributed by atoms with E-state index in [1.807, 2.05) is 25.1 Å². The highest BCUT2D eigenvalue weighted by atomic mass is 16.5. The maximum atomic E-state index is 12.5. The molecule has 9 heteroatoms. The average molecular weight is 459 g/mol. The number of benzene rings is 1. The van der Waals surface area contributed by atoms with Crippen molar-refractivity contribution >= 4 is 11.8 Å². The number of carbonyl (C=O) groups excluding carboxylic acids is 2. The Kier molecular flexibility index (Phi) is 8.30. The van der Waals surface area contributed by atoms with Gasteiger partial charge in [-0.25, -0.2) is 0 Å². The van der Waals surface area contributed by atoms with Crippen LogP contribution in [0.25, 0.3) is 0 Å². The Labute approximate surface area is 194 Å². The van der Waals surface area contributed by atoms with Gasteiger partial charge in [-0.3, -0.25) is 9.59 Å². The fourth-order valence-corrected chi connectivity index (χ4v) is 4.36. The molecule has 1 aromatic heterocycles. The van der Waals surface area contributed by atoms with Crippen LogP contribution in [0.5, 0.6) is 11.5 Å². The minimum atomic E-state index is -0.589. The van der Waals surface area contributed by atoms with Crippen LogP contribution in [0, 0.1) is 0 Å². The fourth-order valence-electron chi connectivity index (χ4n) is 4.36. The van der Waals surface area contributed by atoms with E-state index >= 15 is 0 Å². The molecule has 0 aliphatic heterocycles. The van der Waals surface area contributed by atoms with Gasteiger partial charge in [0, 0.05) is 19.8 Å². The van der Waals surface area contributed by atoms with E-state index in [0.717, 1.165) is 44.1 Å². The molecular weight excluding hydrogens is 424 g/mol. The van der Waals surface area contributed by atoms with E-state index in [9.17, 15) is 9.59 Å². The molecule has 0 radical (unpaired) electrons. The Morgan fingerprint density at radius 1 is 1.12 bits per heavy atom. The zero-order valence-electron chi connectivity index (χ0n) is 19.9. The van der Waals surface area contributed by atoms with Crippen molar-refractivity contribution in [3.8, 4) is 11.5 Å². The number of nitrogens with zero attached hydrogens (tertiary/aromatic N) is 2. The minimum Gasteiger partial charge on any atom is -0.493 e. The molecule has 9 nitrogen and oxygen atoms in total. The van der Waals surface area contributed by atoms with Crippen LogP contribution in [0.3, 0.4) is 0 Å². The predicted molar refractivity (Wildman–Crippen MR) is 122 cm³/mol. The number of aromatic nitrogens is 2. The van der Waals surface area contributed by atoms with Gasteiger partial charge in [0.2, 0.25) is 17.7 Å². The average Bonchev–Trinajstić information content (AvgIpc) is 3.16. The van der Waals surface area contributed by atoms with Crippen LogP contribution in [0.15, 0.2) is 22.7 Å². The van der Waals surface area contributed by atoms with Crippen molar-refractivity contribution in [3.63, 3.8) is 0 Å². The number of aryl methyl sites for hydroxylation is 1. The molecule has 3 rings (SSSR count). The summed E-state index contributed by atoms with van der Waals surface area (Å²) in [6.45, 7) is 3.42. The number of carbonyl (C=O) groups is 2. The molecule has 2 N–H and O–H groups in total. The molecule has 33 heavy (non-hydrogen) atoms. The van der Waals surface area contributed by atoms with Crippen molar-refractivity contribution in [3.05, 3.63) is 35.5 Å². The van der Waals surface area contributed by atoms with Gasteiger partial charge in [0.1, 0.15) is 5.54 Å². The molecule has 2 aromatic rings. The maximum Gasteiger partial charge on any atom is 0.227 e. The maximum absolute atomic E-state index is 12.5. The molecule has 180 valence electrons. The first-order chi connectivity index (χ1) is 15.9. The van der Waals surface area contributed by atoms with Crippen LogP contribution < -0.4 is 20.1 Å². The first-order valence-corrected chi connectivity index (χ1v) is 11.5. The summed E-state index contributed by atoms with van der Waals surface area (Å²) in [5.41, 5.74) is 0.320. The van der Waals surface area contributed by atoms with Crippen LogP contribution in [-0.4, -0.2) is 36.2 Å². The van der Waals surface area contributed by atoms with Crippen molar-refractivity contribution < 1.29 is 23.6 Å². The number of rotatable bonds is 9. The van der Waals surface area contributed by atoms with Gasteiger partial charge < -0.3 is 24.6 Å². The third-order valence-electron chi connectivity index (χ3n) is 6.12. The Hall–Kier alpha value is -3.10. The first-order valence-electron chi connectivity index (χ1n) is 11.5. The van der Waals surface area contributed by atoms with Crippen molar-refractivity contribution in [1.82, 2.24) is 20.8 Å². The number of amides is 2. The summed E-state index contributed by atoms with van der Waals surface area (Å²) in [7, 11) is 3.16. The van der Waals surface area contributed by atoms with Crippen LogP contribution in [0.4, 0.5) is 0 Å². The van der Waals surface area contributed by atoms with Crippen molar-refractivity contribution in [1.29, 1.82) is 0 Å². The summed E-state index contributed by atoms with van der Waals surface area (Å²) in [4.78, 5) is 28.9. The smallest absolute Gasteiger partial charge is 0.227 e. The van der Waals surface area contributed by atoms with E-state index in [4.69, 9.17) is 14.0 Å². The minimum absolute atomic E-state index is 0.105. The second-order valence-corrected chi connectivity index (χ2v) is 8.59. The van der Waals surface area contributed by atoms with Gasteiger partial charge in [-0.1, -0.05) is 36.9 Å². The number of hydrogen-bond donors (Lipinski definition) is 2. The van der Waals surface area contributed by atoms with Crippen molar-refractivity contribution in [2.45, 2.75) is 76.8 Å². The quantitative estimate of drug-likeness (QED) is 0.552. The summed E-state index contributed by atoms with van der Waals surface area (Å²) in [5, 5.41) is 10.2. The van der Waals surface area contributed by atoms with Gasteiger partial charge in [-0.2, -0.15) is 4.98 Å². The summed E-state index contributed by atoms with van der Waals surface area (Å²) in [5.74, 6) is 1.93. The lowest BCUT2D eigenvalue weighted by atomic mass is 9.89. The lowest BCUT2D eigenvalue weighted by Gasteiger charge is -2.30. The molecule has 1 saturated carbocycles. The van der Waals surface area contributed by atoms with Crippen molar-refractivity contribution in [2.24, 2.45) is 0 Å². The van der Waals surface area contributed by atoms with E-state index in [0.29, 0.717) is 29.6 Å². The Morgan fingerprint density at radius 2 is 1.82 bits per heavy atom. The first kappa shape index (κ1) is 24.5. The molecule has 2 amide bonds. The monoisotopic (exact) mass is 458 g/mol. The Bertz CT molecular complexity index is 950. The van der Waals surface area contributed by atoms with Gasteiger partial charge in [0.15, 0.2) is 17.3 Å². The van der Waals surface area contributed by atoms with Crippen LogP contribution in [-0.2, 0) is 21.5 Å². The number of ether oxygens (including phenoxy) is 2. The van der Waals surface area contributed by atoms with Crippen LogP contribution >= 0.6 is 0 Å². The predicted octanol–water partition coefficient (Wildman–Crippen LogP) is 3.58. The molecule has 1 fully saturated rings. The molecule has 1 heterocycles. The van der Waals surface area contributed by atoms with E-state index in [-0.39, 0.29) is 24.3 Å². The number of nitrogens with one attached hydrogen (secondary N) is 2. The van der Waals surface area contributed by atoms with Gasteiger partial charge in [-0.15, -0.1) is 0 Å². The second-order valence-electron chi connectivity index (χ2n) is 8.59. The molecule has 0 saturated heterocycles. The summed E-state index contributed by atoms with van der Waals surface area (Å²) in [6.07, 6.45) is 6.37. The highest BCUT2D eigenvalue weighted by Crippen LogP contribution is 2.35. The molecule has 0 bridgehead atoms. The van der Waals surface area contributed by atoms with Crippen LogP contribution in [0.1, 0.15) is 82.1 Å². The Balaban J connectivity index is 1.60. The normalized spacial score (nSPS) is 16.4. The molecule has 1 aromatic carbocycles. The molecule has 0 spiro atoms. The van der Waals surface area contributed by atoms with Gasteiger partial charge in [0.25, 0.3) is 0 Å². The van der Waals surface area contributed by atoms with E-state index in [2.05, 4.69) is 20.8 Å². The largest absolute Gasteiger partial charge is 0.493 e. The SMILES string of the molecule is COc1ccc(C(C)NC(=O)CCc2nc(C3(NC(C)=O)CCCCCC3)no2)cc1OC. The second kappa shape index (κ2) is 11.2. The van der Waals surface area contributed by atoms with Crippen LogP contribution in [0.2, 0.25) is 0 Å². The Morgan fingerprint density at radius 3 is 2.45 bits per heavy atom. The molecule has 1 unspecified atom stereocenters. The third-order valence-corrected chi connectivity index (χ3v) is 6.12. The lowest BCUT2D eigenvalue weighted by molar-refractivity contribution is -0.122. The summed E-state index contributed by atoms with van der Waals surface area (Å²) >= 11 is 0. The fraction of sp³-hybridized carbons (Fsp3) is 0.583. The molecule has 1 atom stereocenters. The van der Waals surface area contributed by atoms with Gasteiger partial charge >= 0.3 is 0 Å². The molecule has 1 aliphatic rings.